The summed E-state index contributed by atoms with van der Waals surface area (Å²) in [6.45, 7) is 4.91. The third-order valence-electron chi connectivity index (χ3n) is 4.91. The van der Waals surface area contributed by atoms with Crippen LogP contribution in [0, 0.1) is 6.92 Å². The van der Waals surface area contributed by atoms with Crippen molar-refractivity contribution in [3.05, 3.63) is 64.7 Å². The summed E-state index contributed by atoms with van der Waals surface area (Å²) < 4.78 is 5.52. The summed E-state index contributed by atoms with van der Waals surface area (Å²) in [4.78, 5) is 26.9. The monoisotopic (exact) mass is 422 g/mol. The highest BCUT2D eigenvalue weighted by Gasteiger charge is 2.34. The minimum atomic E-state index is -0.300. The van der Waals surface area contributed by atoms with Crippen LogP contribution in [0.15, 0.2) is 48.5 Å². The van der Waals surface area contributed by atoms with Crippen LogP contribution in [0.2, 0.25) is 0 Å². The van der Waals surface area contributed by atoms with Crippen LogP contribution in [0.3, 0.4) is 0 Å². The highest BCUT2D eigenvalue weighted by Crippen LogP contribution is 2.34. The largest absolute Gasteiger partial charge is 0.493 e. The molecule has 154 valence electrons. The van der Waals surface area contributed by atoms with E-state index in [1.54, 1.807) is 23.1 Å². The first-order valence-electron chi connectivity index (χ1n) is 9.78. The average molecular weight is 423 g/mol. The Bertz CT molecular complexity index is 1060. The molecule has 1 aliphatic heterocycles. The Morgan fingerprint density at radius 3 is 2.73 bits per heavy atom. The molecule has 1 unspecified atom stereocenters. The Hall–Kier alpha value is -3.26. The Labute approximate surface area is 178 Å². The number of nitrogens with zero attached hydrogens (tertiary/aromatic N) is 3. The molecule has 4 rings (SSSR count). The van der Waals surface area contributed by atoms with Crippen molar-refractivity contribution in [1.82, 2.24) is 10.2 Å². The summed E-state index contributed by atoms with van der Waals surface area (Å²) in [5.74, 6) is 0.246. The smallest absolute Gasteiger partial charge is 0.261 e. The Balaban J connectivity index is 1.45. The van der Waals surface area contributed by atoms with Crippen molar-refractivity contribution in [3.8, 4) is 5.75 Å². The van der Waals surface area contributed by atoms with Gasteiger partial charge in [0.2, 0.25) is 11.0 Å². The van der Waals surface area contributed by atoms with Crippen LogP contribution in [0.25, 0.3) is 0 Å². The number of aromatic nitrogens is 2. The molecule has 2 amide bonds. The van der Waals surface area contributed by atoms with Gasteiger partial charge in [-0.2, -0.15) is 0 Å². The molecule has 1 fully saturated rings. The molecule has 2 heterocycles. The van der Waals surface area contributed by atoms with Crippen LogP contribution in [0.5, 0.6) is 5.75 Å². The maximum Gasteiger partial charge on any atom is 0.261 e. The maximum absolute atomic E-state index is 12.6. The predicted octanol–water partition coefficient (Wildman–Crippen LogP) is 4.02. The van der Waals surface area contributed by atoms with E-state index in [0.29, 0.717) is 36.0 Å². The van der Waals surface area contributed by atoms with Gasteiger partial charge in [-0.25, -0.2) is 0 Å². The lowest BCUT2D eigenvalue weighted by atomic mass is 10.1. The zero-order valence-corrected chi connectivity index (χ0v) is 17.6. The lowest BCUT2D eigenvalue weighted by Crippen LogP contribution is -2.24. The van der Waals surface area contributed by atoms with E-state index in [0.717, 1.165) is 16.3 Å². The van der Waals surface area contributed by atoms with Crippen molar-refractivity contribution in [2.75, 3.05) is 23.4 Å². The number of amides is 2. The second kappa shape index (κ2) is 8.62. The fourth-order valence-electron chi connectivity index (χ4n) is 3.40. The van der Waals surface area contributed by atoms with Crippen molar-refractivity contribution in [3.63, 3.8) is 0 Å². The highest BCUT2D eigenvalue weighted by atomic mass is 32.1. The number of hydrogen-bond donors (Lipinski definition) is 1. The van der Waals surface area contributed by atoms with E-state index in [2.05, 4.69) is 15.5 Å². The molecule has 0 aliphatic carbocycles. The number of nitrogens with one attached hydrogen (secondary N) is 1. The molecule has 0 bridgehead atoms. The van der Waals surface area contributed by atoms with Gasteiger partial charge in [0.25, 0.3) is 5.91 Å². The molecule has 3 aromatic rings. The van der Waals surface area contributed by atoms with Gasteiger partial charge in [-0.1, -0.05) is 41.2 Å². The number of hydrogen-bond acceptors (Lipinski definition) is 6. The number of para-hydroxylation sites is 1. The van der Waals surface area contributed by atoms with Gasteiger partial charge in [-0.3, -0.25) is 14.9 Å². The van der Waals surface area contributed by atoms with Gasteiger partial charge in [-0.15, -0.1) is 10.2 Å². The zero-order valence-electron chi connectivity index (χ0n) is 16.8. The molecular formula is C22H22N4O3S. The summed E-state index contributed by atoms with van der Waals surface area (Å²) >= 11 is 1.30. The van der Waals surface area contributed by atoms with E-state index in [1.165, 1.54) is 11.3 Å². The standard InChI is InChI=1S/C22H22N4O3S/c1-3-29-18-7-5-4-6-17(18)20(28)23-22-25-24-21(30-22)15-12-19(27)26(13-15)16-10-8-14(2)9-11-16/h4-11,15H,3,12-13H2,1-2H3,(H,23,25,28). The van der Waals surface area contributed by atoms with Crippen molar-refractivity contribution in [2.45, 2.75) is 26.2 Å². The minimum absolute atomic E-state index is 0.0438. The van der Waals surface area contributed by atoms with E-state index < -0.39 is 0 Å². The lowest BCUT2D eigenvalue weighted by Gasteiger charge is -2.16. The molecule has 0 radical (unpaired) electrons. The summed E-state index contributed by atoms with van der Waals surface area (Å²) in [6, 6.07) is 15.0. The third-order valence-corrected chi connectivity index (χ3v) is 5.91. The molecule has 1 N–H and O–H groups in total. The van der Waals surface area contributed by atoms with Crippen LogP contribution in [-0.4, -0.2) is 35.2 Å². The number of aryl methyl sites for hydroxylation is 1. The SMILES string of the molecule is CCOc1ccccc1C(=O)Nc1nnc(C2CC(=O)N(c3ccc(C)cc3)C2)s1. The van der Waals surface area contributed by atoms with Gasteiger partial charge in [0.15, 0.2) is 0 Å². The maximum atomic E-state index is 12.6. The zero-order chi connectivity index (χ0) is 21.1. The normalized spacial score (nSPS) is 16.0. The first kappa shape index (κ1) is 20.0. The van der Waals surface area contributed by atoms with Crippen LogP contribution in [-0.2, 0) is 4.79 Å². The fourth-order valence-corrected chi connectivity index (χ4v) is 4.23. The van der Waals surface area contributed by atoms with Crippen molar-refractivity contribution in [1.29, 1.82) is 0 Å². The quantitative estimate of drug-likeness (QED) is 0.649. The molecule has 8 heteroatoms. The molecule has 1 aromatic heterocycles. The lowest BCUT2D eigenvalue weighted by molar-refractivity contribution is -0.117. The van der Waals surface area contributed by atoms with Crippen molar-refractivity contribution >= 4 is 34.0 Å². The van der Waals surface area contributed by atoms with Crippen molar-refractivity contribution < 1.29 is 14.3 Å². The summed E-state index contributed by atoms with van der Waals surface area (Å²) in [5, 5.41) is 12.3. The van der Waals surface area contributed by atoms with Gasteiger partial charge in [0.05, 0.1) is 12.2 Å². The van der Waals surface area contributed by atoms with E-state index in [9.17, 15) is 9.59 Å². The molecule has 2 aromatic carbocycles. The molecule has 1 atom stereocenters. The molecule has 0 saturated carbocycles. The molecule has 30 heavy (non-hydrogen) atoms. The number of carbonyl (C=O) groups excluding carboxylic acids is 2. The number of benzene rings is 2. The average Bonchev–Trinajstić information content (AvgIpc) is 3.36. The molecule has 7 nitrogen and oxygen atoms in total. The first-order chi connectivity index (χ1) is 14.5. The van der Waals surface area contributed by atoms with E-state index in [4.69, 9.17) is 4.74 Å². The Kier molecular flexibility index (Phi) is 5.76. The van der Waals surface area contributed by atoms with Gasteiger partial charge in [0, 0.05) is 24.6 Å². The molecule has 0 spiro atoms. The summed E-state index contributed by atoms with van der Waals surface area (Å²) in [6.07, 6.45) is 0.379. The Morgan fingerprint density at radius 2 is 1.97 bits per heavy atom. The number of anilines is 2. The van der Waals surface area contributed by atoms with Gasteiger partial charge < -0.3 is 9.64 Å². The predicted molar refractivity (Wildman–Crippen MR) is 116 cm³/mol. The number of ether oxygens (including phenoxy) is 1. The van der Waals surface area contributed by atoms with Crippen LogP contribution in [0.1, 0.15) is 40.2 Å². The fraction of sp³-hybridized carbons (Fsp3) is 0.273. The molecule has 1 saturated heterocycles. The van der Waals surface area contributed by atoms with E-state index >= 15 is 0 Å². The van der Waals surface area contributed by atoms with Crippen LogP contribution >= 0.6 is 11.3 Å². The van der Waals surface area contributed by atoms with Gasteiger partial charge >= 0.3 is 0 Å². The molecular weight excluding hydrogens is 400 g/mol. The van der Waals surface area contributed by atoms with Crippen molar-refractivity contribution in [2.24, 2.45) is 0 Å². The molecule has 1 aliphatic rings. The second-order valence-electron chi connectivity index (χ2n) is 7.07. The third kappa shape index (κ3) is 4.18. The first-order valence-corrected chi connectivity index (χ1v) is 10.6. The van der Waals surface area contributed by atoms with E-state index in [1.807, 2.05) is 44.2 Å². The topological polar surface area (TPSA) is 84.4 Å². The van der Waals surface area contributed by atoms with Gasteiger partial charge in [-0.05, 0) is 38.1 Å². The summed E-state index contributed by atoms with van der Waals surface area (Å²) in [5.41, 5.74) is 2.48. The minimum Gasteiger partial charge on any atom is -0.493 e. The summed E-state index contributed by atoms with van der Waals surface area (Å²) in [7, 11) is 0. The number of rotatable bonds is 6. The van der Waals surface area contributed by atoms with E-state index in [-0.39, 0.29) is 17.7 Å². The highest BCUT2D eigenvalue weighted by molar-refractivity contribution is 7.15. The second-order valence-corrected chi connectivity index (χ2v) is 8.08. The van der Waals surface area contributed by atoms with Gasteiger partial charge in [0.1, 0.15) is 10.8 Å². The number of carbonyl (C=O) groups is 2. The van der Waals surface area contributed by atoms with Crippen LogP contribution < -0.4 is 15.0 Å². The van der Waals surface area contributed by atoms with Crippen LogP contribution in [0.4, 0.5) is 10.8 Å². The Morgan fingerprint density at radius 1 is 1.20 bits per heavy atom.